The van der Waals surface area contributed by atoms with Crippen LogP contribution in [0.25, 0.3) is 21.8 Å². The van der Waals surface area contributed by atoms with Crippen LogP contribution in [0.1, 0.15) is 6.92 Å². The van der Waals surface area contributed by atoms with E-state index in [4.69, 9.17) is 0 Å². The lowest BCUT2D eigenvalue weighted by Crippen LogP contribution is -2.20. The predicted molar refractivity (Wildman–Crippen MR) is 110 cm³/mol. The minimum atomic E-state index is -0.497. The van der Waals surface area contributed by atoms with E-state index in [-0.39, 0.29) is 5.82 Å². The van der Waals surface area contributed by atoms with Gasteiger partial charge >= 0.3 is 0 Å². The quantitative estimate of drug-likeness (QED) is 0.416. The zero-order chi connectivity index (χ0) is 19.8. The van der Waals surface area contributed by atoms with Crippen molar-refractivity contribution in [3.63, 3.8) is 0 Å². The highest BCUT2D eigenvalue weighted by molar-refractivity contribution is 5.93. The summed E-state index contributed by atoms with van der Waals surface area (Å²) in [5, 5.41) is 18.9. The highest BCUT2D eigenvalue weighted by atomic mass is 19.1. The summed E-state index contributed by atoms with van der Waals surface area (Å²) in [6.45, 7) is 2.47. The van der Waals surface area contributed by atoms with Gasteiger partial charge in [0, 0.05) is 23.0 Å². The molecule has 2 aromatic carbocycles. The number of H-pyrrole nitrogens is 2. The molecule has 0 aliphatic carbocycles. The smallest absolute Gasteiger partial charge is 0.229 e. The van der Waals surface area contributed by atoms with Gasteiger partial charge in [0.15, 0.2) is 11.6 Å². The molecule has 5 aromatic rings. The largest absolute Gasteiger partial charge is 0.324 e. The van der Waals surface area contributed by atoms with Gasteiger partial charge in [-0.25, -0.2) is 9.37 Å². The van der Waals surface area contributed by atoms with Crippen molar-refractivity contribution in [2.75, 3.05) is 16.8 Å². The van der Waals surface area contributed by atoms with Gasteiger partial charge < -0.3 is 10.2 Å². The van der Waals surface area contributed by atoms with Crippen molar-refractivity contribution in [2.24, 2.45) is 0 Å². The lowest BCUT2D eigenvalue weighted by atomic mass is 10.2. The summed E-state index contributed by atoms with van der Waals surface area (Å²) in [5.41, 5.74) is 3.42. The van der Waals surface area contributed by atoms with Crippen LogP contribution in [0.3, 0.4) is 0 Å². The van der Waals surface area contributed by atoms with Crippen LogP contribution < -0.4 is 10.2 Å². The van der Waals surface area contributed by atoms with E-state index < -0.39 is 5.82 Å². The van der Waals surface area contributed by atoms with E-state index >= 15 is 0 Å². The molecule has 144 valence electrons. The average molecular weight is 388 g/mol. The number of benzene rings is 2. The van der Waals surface area contributed by atoms with Crippen LogP contribution in [0, 0.1) is 5.82 Å². The molecule has 0 unspecified atom stereocenters. The van der Waals surface area contributed by atoms with Gasteiger partial charge in [-0.05, 0) is 37.3 Å². The van der Waals surface area contributed by atoms with Gasteiger partial charge in [-0.15, -0.1) is 0 Å². The molecule has 3 heterocycles. The Balaban J connectivity index is 1.53. The third-order valence-electron chi connectivity index (χ3n) is 4.75. The van der Waals surface area contributed by atoms with Gasteiger partial charge in [0.2, 0.25) is 5.95 Å². The number of halogens is 1. The first-order chi connectivity index (χ1) is 14.2. The molecule has 0 fully saturated rings. The van der Waals surface area contributed by atoms with Crippen LogP contribution in [-0.2, 0) is 0 Å². The Morgan fingerprint density at radius 1 is 1.03 bits per heavy atom. The van der Waals surface area contributed by atoms with E-state index in [9.17, 15) is 4.39 Å². The summed E-state index contributed by atoms with van der Waals surface area (Å²) in [6.07, 6.45) is 4.65. The van der Waals surface area contributed by atoms with Crippen LogP contribution in [0.15, 0.2) is 55.0 Å². The Morgan fingerprint density at radius 2 is 1.90 bits per heavy atom. The molecule has 0 aliphatic heterocycles. The second-order valence-corrected chi connectivity index (χ2v) is 6.51. The SMILES string of the molecule is CCN(c1nc(Nc2ccc3[nH]ncc3c2)ncc1F)c1cccc2[nH]ncc12. The highest BCUT2D eigenvalue weighted by Gasteiger charge is 2.18. The van der Waals surface area contributed by atoms with E-state index in [1.54, 1.807) is 17.3 Å². The second-order valence-electron chi connectivity index (χ2n) is 6.51. The standard InChI is InChI=1S/C20H17FN8/c1-2-29(18-5-3-4-17-14(18)10-24-28-17)19-15(21)11-22-20(26-19)25-13-6-7-16-12(8-13)9-23-27-16/h3-11H,2H2,1H3,(H,23,27)(H,24,28)(H,22,25,26). The van der Waals surface area contributed by atoms with Crippen LogP contribution in [0.4, 0.5) is 27.5 Å². The number of rotatable bonds is 5. The van der Waals surface area contributed by atoms with Crippen molar-refractivity contribution < 1.29 is 4.39 Å². The van der Waals surface area contributed by atoms with Gasteiger partial charge in [0.25, 0.3) is 0 Å². The minimum absolute atomic E-state index is 0.197. The molecular formula is C20H17FN8. The number of hydrogen-bond donors (Lipinski definition) is 3. The first-order valence-corrected chi connectivity index (χ1v) is 9.15. The first kappa shape index (κ1) is 17.1. The maximum Gasteiger partial charge on any atom is 0.229 e. The van der Waals surface area contributed by atoms with Gasteiger partial charge in [-0.3, -0.25) is 10.2 Å². The monoisotopic (exact) mass is 388 g/mol. The molecule has 5 rings (SSSR count). The van der Waals surface area contributed by atoms with Crippen molar-refractivity contribution in [1.29, 1.82) is 0 Å². The average Bonchev–Trinajstić information content (AvgIpc) is 3.40. The Hall–Kier alpha value is -4.01. The predicted octanol–water partition coefficient (Wildman–Crippen LogP) is 4.27. The Bertz CT molecular complexity index is 1310. The van der Waals surface area contributed by atoms with Gasteiger partial charge in [0.1, 0.15) is 0 Å². The first-order valence-electron chi connectivity index (χ1n) is 9.15. The summed E-state index contributed by atoms with van der Waals surface area (Å²) in [5.74, 6) is 0.00772. The number of aromatic amines is 2. The molecule has 9 heteroatoms. The summed E-state index contributed by atoms with van der Waals surface area (Å²) in [6, 6.07) is 11.5. The molecule has 0 saturated heterocycles. The number of hydrogen-bond acceptors (Lipinski definition) is 6. The van der Waals surface area contributed by atoms with Gasteiger partial charge in [-0.1, -0.05) is 6.07 Å². The summed E-state index contributed by atoms with van der Waals surface area (Å²) >= 11 is 0. The molecular weight excluding hydrogens is 371 g/mol. The number of anilines is 4. The van der Waals surface area contributed by atoms with E-state index in [0.29, 0.717) is 12.5 Å². The summed E-state index contributed by atoms with van der Waals surface area (Å²) in [4.78, 5) is 10.4. The molecule has 29 heavy (non-hydrogen) atoms. The zero-order valence-corrected chi connectivity index (χ0v) is 15.5. The highest BCUT2D eigenvalue weighted by Crippen LogP contribution is 2.32. The van der Waals surface area contributed by atoms with E-state index in [2.05, 4.69) is 35.7 Å². The molecule has 0 radical (unpaired) electrons. The third kappa shape index (κ3) is 3.02. The lowest BCUT2D eigenvalue weighted by Gasteiger charge is -2.23. The minimum Gasteiger partial charge on any atom is -0.324 e. The molecule has 0 spiro atoms. The molecule has 0 amide bonds. The maximum absolute atomic E-state index is 14.7. The number of fused-ring (bicyclic) bond motifs is 2. The molecule has 0 saturated carbocycles. The van der Waals surface area contributed by atoms with Gasteiger partial charge in [-0.2, -0.15) is 15.2 Å². The number of nitrogens with one attached hydrogen (secondary N) is 3. The molecule has 0 atom stereocenters. The third-order valence-corrected chi connectivity index (χ3v) is 4.75. The number of nitrogens with zero attached hydrogens (tertiary/aromatic N) is 5. The van der Waals surface area contributed by atoms with E-state index in [0.717, 1.165) is 33.2 Å². The van der Waals surface area contributed by atoms with Crippen molar-refractivity contribution >= 4 is 44.9 Å². The molecule has 3 N–H and O–H groups in total. The molecule has 0 aliphatic rings. The van der Waals surface area contributed by atoms with Crippen LogP contribution in [-0.4, -0.2) is 36.9 Å². The zero-order valence-electron chi connectivity index (χ0n) is 15.5. The normalized spacial score (nSPS) is 11.2. The van der Waals surface area contributed by atoms with Crippen LogP contribution in [0.2, 0.25) is 0 Å². The van der Waals surface area contributed by atoms with Crippen molar-refractivity contribution in [2.45, 2.75) is 6.92 Å². The topological polar surface area (TPSA) is 98.4 Å². The summed E-state index contributed by atoms with van der Waals surface area (Å²) in [7, 11) is 0. The maximum atomic E-state index is 14.7. The van der Waals surface area contributed by atoms with Crippen molar-refractivity contribution in [3.8, 4) is 0 Å². The molecule has 8 nitrogen and oxygen atoms in total. The van der Waals surface area contributed by atoms with Crippen LogP contribution in [0.5, 0.6) is 0 Å². The van der Waals surface area contributed by atoms with Crippen LogP contribution >= 0.6 is 0 Å². The molecule has 0 bridgehead atoms. The van der Waals surface area contributed by atoms with E-state index in [1.165, 1.54) is 6.20 Å². The Labute approximate surface area is 164 Å². The van der Waals surface area contributed by atoms with Crippen molar-refractivity contribution in [3.05, 3.63) is 60.8 Å². The van der Waals surface area contributed by atoms with Crippen molar-refractivity contribution in [1.82, 2.24) is 30.4 Å². The molecule has 3 aromatic heterocycles. The fourth-order valence-corrected chi connectivity index (χ4v) is 3.38. The van der Waals surface area contributed by atoms with E-state index in [1.807, 2.05) is 43.3 Å². The fourth-order valence-electron chi connectivity index (χ4n) is 3.38. The summed E-state index contributed by atoms with van der Waals surface area (Å²) < 4.78 is 14.7. The van der Waals surface area contributed by atoms with Gasteiger partial charge in [0.05, 0.1) is 35.3 Å². The lowest BCUT2D eigenvalue weighted by molar-refractivity contribution is 0.612. The fraction of sp³-hybridized carbons (Fsp3) is 0.100. The Morgan fingerprint density at radius 3 is 2.79 bits per heavy atom. The number of aromatic nitrogens is 6. The second kappa shape index (κ2) is 6.86. The Kier molecular flexibility index (Phi) is 4.05.